The van der Waals surface area contributed by atoms with E-state index in [1.165, 1.54) is 5.56 Å². The van der Waals surface area contributed by atoms with Crippen LogP contribution < -0.4 is 0 Å². The molecule has 3 aromatic rings. The van der Waals surface area contributed by atoms with Gasteiger partial charge in [0, 0.05) is 22.8 Å². The number of nitrogens with zero attached hydrogens (tertiary/aromatic N) is 2. The van der Waals surface area contributed by atoms with Crippen molar-refractivity contribution in [3.63, 3.8) is 0 Å². The topological polar surface area (TPSA) is 49.0 Å². The Bertz CT molecular complexity index is 836. The molecule has 3 nitrogen and oxygen atoms in total. The van der Waals surface area contributed by atoms with E-state index in [9.17, 15) is 10.4 Å². The van der Waals surface area contributed by atoms with E-state index in [4.69, 9.17) is 0 Å². The summed E-state index contributed by atoms with van der Waals surface area (Å²) in [4.78, 5) is 0. The van der Waals surface area contributed by atoms with Crippen LogP contribution in [0.25, 0.3) is 16.6 Å². The largest absolute Gasteiger partial charge is 0.508 e. The zero-order valence-corrected chi connectivity index (χ0v) is 11.4. The van der Waals surface area contributed by atoms with Gasteiger partial charge in [0.15, 0.2) is 0 Å². The van der Waals surface area contributed by atoms with E-state index >= 15 is 0 Å². The Labute approximate surface area is 117 Å². The quantitative estimate of drug-likeness (QED) is 0.724. The number of nitriles is 1. The van der Waals surface area contributed by atoms with Crippen molar-refractivity contribution in [2.24, 2.45) is 0 Å². The van der Waals surface area contributed by atoms with Gasteiger partial charge in [0.1, 0.15) is 11.8 Å². The minimum atomic E-state index is 0.202. The molecule has 3 heteroatoms. The molecule has 0 unspecified atom stereocenters. The first kappa shape index (κ1) is 12.3. The van der Waals surface area contributed by atoms with Crippen LogP contribution in [0.1, 0.15) is 16.8 Å². The van der Waals surface area contributed by atoms with Crippen molar-refractivity contribution in [1.29, 1.82) is 5.26 Å². The highest BCUT2D eigenvalue weighted by Crippen LogP contribution is 2.31. The van der Waals surface area contributed by atoms with Gasteiger partial charge >= 0.3 is 0 Å². The Morgan fingerprint density at radius 2 is 1.75 bits per heavy atom. The third-order valence-electron chi connectivity index (χ3n) is 3.59. The maximum absolute atomic E-state index is 9.72. The van der Waals surface area contributed by atoms with E-state index < -0.39 is 0 Å². The highest BCUT2D eigenvalue weighted by molar-refractivity contribution is 5.90. The Balaban J connectivity index is 2.40. The third-order valence-corrected chi connectivity index (χ3v) is 3.59. The molecule has 20 heavy (non-hydrogen) atoms. The molecule has 0 amide bonds. The Kier molecular flexibility index (Phi) is 2.73. The fraction of sp³-hybridized carbons (Fsp3) is 0.118. The monoisotopic (exact) mass is 262 g/mol. The minimum Gasteiger partial charge on any atom is -0.508 e. The smallest absolute Gasteiger partial charge is 0.117 e. The molecular weight excluding hydrogens is 248 g/mol. The van der Waals surface area contributed by atoms with E-state index in [-0.39, 0.29) is 5.75 Å². The lowest BCUT2D eigenvalue weighted by atomic mass is 10.1. The summed E-state index contributed by atoms with van der Waals surface area (Å²) < 4.78 is 2.01. The summed E-state index contributed by atoms with van der Waals surface area (Å²) in [6.45, 7) is 3.96. The third kappa shape index (κ3) is 1.74. The van der Waals surface area contributed by atoms with Crippen molar-refractivity contribution >= 4 is 10.9 Å². The fourth-order valence-electron chi connectivity index (χ4n) is 2.57. The van der Waals surface area contributed by atoms with Crippen LogP contribution in [-0.2, 0) is 0 Å². The maximum Gasteiger partial charge on any atom is 0.117 e. The number of aromatic hydroxyl groups is 1. The summed E-state index contributed by atoms with van der Waals surface area (Å²) in [6.07, 6.45) is 0. The molecule has 2 aromatic carbocycles. The molecule has 0 atom stereocenters. The average Bonchev–Trinajstić information content (AvgIpc) is 2.71. The van der Waals surface area contributed by atoms with Crippen molar-refractivity contribution in [1.82, 2.24) is 4.57 Å². The summed E-state index contributed by atoms with van der Waals surface area (Å²) in [7, 11) is 0. The zero-order chi connectivity index (χ0) is 14.3. The van der Waals surface area contributed by atoms with Crippen molar-refractivity contribution < 1.29 is 5.11 Å². The molecule has 0 radical (unpaired) electrons. The van der Waals surface area contributed by atoms with Gasteiger partial charge in [-0.25, -0.2) is 0 Å². The average molecular weight is 262 g/mol. The van der Waals surface area contributed by atoms with E-state index in [1.807, 2.05) is 42.7 Å². The van der Waals surface area contributed by atoms with Crippen LogP contribution in [0.3, 0.4) is 0 Å². The fourth-order valence-corrected chi connectivity index (χ4v) is 2.57. The molecule has 3 rings (SSSR count). The Morgan fingerprint density at radius 3 is 2.40 bits per heavy atom. The van der Waals surface area contributed by atoms with Gasteiger partial charge in [0.25, 0.3) is 0 Å². The van der Waals surface area contributed by atoms with Gasteiger partial charge in [0.2, 0.25) is 0 Å². The molecule has 98 valence electrons. The molecule has 0 aliphatic carbocycles. The number of hydrogen-bond acceptors (Lipinski definition) is 2. The molecular formula is C17H14N2O. The number of fused-ring (bicyclic) bond motifs is 1. The number of benzene rings is 2. The van der Waals surface area contributed by atoms with Crippen LogP contribution in [-0.4, -0.2) is 9.67 Å². The number of aryl methyl sites for hydroxylation is 1. The number of phenols is 1. The number of aromatic nitrogens is 1. The first-order valence-corrected chi connectivity index (χ1v) is 6.43. The van der Waals surface area contributed by atoms with Crippen LogP contribution in [0.5, 0.6) is 5.75 Å². The minimum absolute atomic E-state index is 0.202. The molecule has 1 heterocycles. The lowest BCUT2D eigenvalue weighted by Crippen LogP contribution is -1.96. The van der Waals surface area contributed by atoms with Gasteiger partial charge in [-0.3, -0.25) is 0 Å². The molecule has 0 bridgehead atoms. The normalized spacial score (nSPS) is 10.7. The van der Waals surface area contributed by atoms with E-state index in [2.05, 4.69) is 6.07 Å². The molecule has 1 aromatic heterocycles. The van der Waals surface area contributed by atoms with Gasteiger partial charge in [-0.2, -0.15) is 5.26 Å². The molecule has 0 spiro atoms. The van der Waals surface area contributed by atoms with Crippen LogP contribution in [0.15, 0.2) is 42.5 Å². The molecule has 0 aliphatic rings. The van der Waals surface area contributed by atoms with E-state index in [0.29, 0.717) is 5.56 Å². The van der Waals surface area contributed by atoms with Gasteiger partial charge in [0.05, 0.1) is 11.1 Å². The second kappa shape index (κ2) is 4.43. The van der Waals surface area contributed by atoms with Crippen molar-refractivity contribution in [3.05, 3.63) is 59.3 Å². The second-order valence-electron chi connectivity index (χ2n) is 4.94. The SMILES string of the molecule is Cc1ccc(-n2c(C)c(C#N)c3ccc(O)cc32)cc1. The summed E-state index contributed by atoms with van der Waals surface area (Å²) in [5.74, 6) is 0.202. The Hall–Kier alpha value is -2.73. The van der Waals surface area contributed by atoms with E-state index in [1.54, 1.807) is 18.2 Å². The predicted molar refractivity (Wildman–Crippen MR) is 79.1 cm³/mol. The molecule has 0 saturated carbocycles. The predicted octanol–water partition coefficient (Wildman–Crippen LogP) is 3.82. The number of rotatable bonds is 1. The van der Waals surface area contributed by atoms with Gasteiger partial charge in [-0.1, -0.05) is 17.7 Å². The summed E-state index contributed by atoms with van der Waals surface area (Å²) in [5, 5.41) is 20.0. The lowest BCUT2D eigenvalue weighted by molar-refractivity contribution is 0.476. The number of phenolic OH excluding ortho intramolecular Hbond substituents is 1. The van der Waals surface area contributed by atoms with Crippen LogP contribution in [0.4, 0.5) is 0 Å². The van der Waals surface area contributed by atoms with Crippen LogP contribution in [0, 0.1) is 25.2 Å². The lowest BCUT2D eigenvalue weighted by Gasteiger charge is -2.08. The van der Waals surface area contributed by atoms with Crippen molar-refractivity contribution in [2.45, 2.75) is 13.8 Å². The maximum atomic E-state index is 9.72. The van der Waals surface area contributed by atoms with Crippen LogP contribution in [0.2, 0.25) is 0 Å². The molecule has 0 saturated heterocycles. The highest BCUT2D eigenvalue weighted by Gasteiger charge is 2.15. The molecule has 0 aliphatic heterocycles. The van der Waals surface area contributed by atoms with Gasteiger partial charge in [-0.15, -0.1) is 0 Å². The zero-order valence-electron chi connectivity index (χ0n) is 11.4. The summed E-state index contributed by atoms with van der Waals surface area (Å²) in [5.41, 5.74) is 4.57. The summed E-state index contributed by atoms with van der Waals surface area (Å²) in [6, 6.07) is 15.5. The Morgan fingerprint density at radius 1 is 1.05 bits per heavy atom. The van der Waals surface area contributed by atoms with Crippen molar-refractivity contribution in [3.8, 4) is 17.5 Å². The second-order valence-corrected chi connectivity index (χ2v) is 4.94. The van der Waals surface area contributed by atoms with Gasteiger partial charge in [-0.05, 0) is 38.1 Å². The molecule has 1 N–H and O–H groups in total. The highest BCUT2D eigenvalue weighted by atomic mass is 16.3. The van der Waals surface area contributed by atoms with Crippen LogP contribution >= 0.6 is 0 Å². The van der Waals surface area contributed by atoms with Crippen molar-refractivity contribution in [2.75, 3.05) is 0 Å². The standard InChI is InChI=1S/C17H14N2O/c1-11-3-5-13(6-4-11)19-12(2)16(10-18)15-8-7-14(20)9-17(15)19/h3-9,20H,1-2H3. The van der Waals surface area contributed by atoms with Gasteiger partial charge < -0.3 is 9.67 Å². The first-order chi connectivity index (χ1) is 9.61. The van der Waals surface area contributed by atoms with E-state index in [0.717, 1.165) is 22.3 Å². The molecule has 0 fully saturated rings. The number of hydrogen-bond donors (Lipinski definition) is 1. The first-order valence-electron chi connectivity index (χ1n) is 6.43. The summed E-state index contributed by atoms with van der Waals surface area (Å²) >= 11 is 0.